The van der Waals surface area contributed by atoms with E-state index in [0.29, 0.717) is 17.4 Å². The van der Waals surface area contributed by atoms with Crippen LogP contribution in [-0.4, -0.2) is 29.1 Å². The average Bonchev–Trinajstić information content (AvgIpc) is 2.31. The summed E-state index contributed by atoms with van der Waals surface area (Å²) in [6.45, 7) is 9.42. The summed E-state index contributed by atoms with van der Waals surface area (Å²) in [6.07, 6.45) is -0.0123. The second-order valence-corrected chi connectivity index (χ2v) is 5.29. The van der Waals surface area contributed by atoms with E-state index in [9.17, 15) is 4.79 Å². The molecule has 112 valence electrons. The molecule has 1 heterocycles. The van der Waals surface area contributed by atoms with Crippen LogP contribution in [0, 0.1) is 0 Å². The van der Waals surface area contributed by atoms with Gasteiger partial charge in [-0.05, 0) is 46.8 Å². The van der Waals surface area contributed by atoms with Gasteiger partial charge in [0, 0.05) is 6.04 Å². The molecular formula is C14H24N4O2. The number of amides is 1. The minimum Gasteiger partial charge on any atom is -0.473 e. The van der Waals surface area contributed by atoms with Crippen molar-refractivity contribution in [1.29, 1.82) is 0 Å². The van der Waals surface area contributed by atoms with E-state index in [4.69, 9.17) is 10.5 Å². The number of nitrogens with zero attached hydrogens (tertiary/aromatic N) is 1. The zero-order valence-corrected chi connectivity index (χ0v) is 12.7. The highest BCUT2D eigenvalue weighted by Crippen LogP contribution is 2.22. The maximum atomic E-state index is 11.8. The number of aromatic nitrogens is 1. The number of nitrogens with two attached hydrogens (primary N) is 1. The first-order chi connectivity index (χ1) is 9.29. The average molecular weight is 280 g/mol. The highest BCUT2D eigenvalue weighted by Gasteiger charge is 2.15. The topological polar surface area (TPSA) is 89.3 Å². The van der Waals surface area contributed by atoms with Gasteiger partial charge in [-0.3, -0.25) is 4.79 Å². The lowest BCUT2D eigenvalue weighted by Gasteiger charge is -2.18. The number of anilines is 2. The van der Waals surface area contributed by atoms with Crippen LogP contribution in [0.5, 0.6) is 5.88 Å². The van der Waals surface area contributed by atoms with Gasteiger partial charge in [-0.2, -0.15) is 4.98 Å². The maximum Gasteiger partial charge on any atom is 0.242 e. The molecule has 0 aromatic carbocycles. The van der Waals surface area contributed by atoms with E-state index < -0.39 is 0 Å². The Hall–Kier alpha value is -1.98. The SMILES string of the molecule is CC(C)NC(=O)C(C)Nc1ccc(N)c(OC(C)C)n1. The molecule has 0 fully saturated rings. The number of carbonyl (C=O) groups excluding carboxylic acids is 1. The summed E-state index contributed by atoms with van der Waals surface area (Å²) in [6, 6.07) is 3.15. The monoisotopic (exact) mass is 280 g/mol. The van der Waals surface area contributed by atoms with E-state index in [2.05, 4.69) is 15.6 Å². The molecular weight excluding hydrogens is 256 g/mol. The molecule has 0 aliphatic carbocycles. The van der Waals surface area contributed by atoms with Crippen LogP contribution in [0.1, 0.15) is 34.6 Å². The molecule has 0 saturated carbocycles. The van der Waals surface area contributed by atoms with Gasteiger partial charge in [-0.1, -0.05) is 0 Å². The summed E-state index contributed by atoms with van der Waals surface area (Å²) in [5.74, 6) is 0.854. The lowest BCUT2D eigenvalue weighted by molar-refractivity contribution is -0.122. The molecule has 1 rings (SSSR count). The first-order valence-electron chi connectivity index (χ1n) is 6.79. The van der Waals surface area contributed by atoms with Crippen LogP contribution in [-0.2, 0) is 4.79 Å². The number of hydrogen-bond acceptors (Lipinski definition) is 5. The Morgan fingerprint density at radius 2 is 1.90 bits per heavy atom. The van der Waals surface area contributed by atoms with Crippen LogP contribution in [0.15, 0.2) is 12.1 Å². The van der Waals surface area contributed by atoms with Crippen molar-refractivity contribution in [1.82, 2.24) is 10.3 Å². The van der Waals surface area contributed by atoms with Gasteiger partial charge in [0.15, 0.2) is 0 Å². The highest BCUT2D eigenvalue weighted by atomic mass is 16.5. The molecule has 6 nitrogen and oxygen atoms in total. The van der Waals surface area contributed by atoms with Crippen molar-refractivity contribution >= 4 is 17.4 Å². The Labute approximate surface area is 120 Å². The molecule has 0 aliphatic heterocycles. The van der Waals surface area contributed by atoms with Crippen molar-refractivity contribution in [2.24, 2.45) is 0 Å². The molecule has 0 saturated heterocycles. The molecule has 20 heavy (non-hydrogen) atoms. The minimum atomic E-state index is -0.388. The normalized spacial score (nSPS) is 12.3. The Morgan fingerprint density at radius 1 is 1.25 bits per heavy atom. The summed E-state index contributed by atoms with van der Waals surface area (Å²) >= 11 is 0. The predicted octanol–water partition coefficient (Wildman–Crippen LogP) is 1.78. The third-order valence-corrected chi connectivity index (χ3v) is 2.43. The Kier molecular flexibility index (Phi) is 5.61. The zero-order valence-electron chi connectivity index (χ0n) is 12.7. The lowest BCUT2D eigenvalue weighted by Crippen LogP contribution is -2.41. The van der Waals surface area contributed by atoms with Crippen molar-refractivity contribution in [2.45, 2.75) is 52.8 Å². The summed E-state index contributed by atoms with van der Waals surface area (Å²) in [7, 11) is 0. The quantitative estimate of drug-likeness (QED) is 0.739. The summed E-state index contributed by atoms with van der Waals surface area (Å²) in [4.78, 5) is 16.1. The van der Waals surface area contributed by atoms with Gasteiger partial charge in [-0.15, -0.1) is 0 Å². The molecule has 0 aliphatic rings. The van der Waals surface area contributed by atoms with Gasteiger partial charge in [-0.25, -0.2) is 0 Å². The number of nitrogen functional groups attached to an aromatic ring is 1. The van der Waals surface area contributed by atoms with Gasteiger partial charge in [0.2, 0.25) is 11.8 Å². The van der Waals surface area contributed by atoms with Crippen LogP contribution in [0.3, 0.4) is 0 Å². The van der Waals surface area contributed by atoms with Crippen molar-refractivity contribution in [3.63, 3.8) is 0 Å². The molecule has 6 heteroatoms. The minimum absolute atomic E-state index is 0.0123. The van der Waals surface area contributed by atoms with Gasteiger partial charge in [0.25, 0.3) is 0 Å². The van der Waals surface area contributed by atoms with Gasteiger partial charge < -0.3 is 21.1 Å². The molecule has 0 spiro atoms. The third-order valence-electron chi connectivity index (χ3n) is 2.43. The number of nitrogens with one attached hydrogen (secondary N) is 2. The fourth-order valence-electron chi connectivity index (χ4n) is 1.55. The van der Waals surface area contributed by atoms with Crippen LogP contribution in [0.25, 0.3) is 0 Å². The molecule has 1 amide bonds. The third kappa shape index (κ3) is 4.95. The Morgan fingerprint density at radius 3 is 2.45 bits per heavy atom. The highest BCUT2D eigenvalue weighted by molar-refractivity contribution is 5.84. The summed E-state index contributed by atoms with van der Waals surface area (Å²) in [5, 5.41) is 5.86. The van der Waals surface area contributed by atoms with Crippen molar-refractivity contribution in [2.75, 3.05) is 11.1 Å². The number of hydrogen-bond donors (Lipinski definition) is 3. The van der Waals surface area contributed by atoms with Crippen molar-refractivity contribution in [3.05, 3.63) is 12.1 Å². The standard InChI is InChI=1S/C14H24N4O2/c1-8(2)16-13(19)10(5)17-12-7-6-11(15)14(18-12)20-9(3)4/h6-10H,15H2,1-5H3,(H,16,19)(H,17,18). The summed E-state index contributed by atoms with van der Waals surface area (Å²) in [5.41, 5.74) is 6.28. The predicted molar refractivity (Wildman–Crippen MR) is 80.8 cm³/mol. The molecule has 0 bridgehead atoms. The first kappa shape index (κ1) is 16.1. The van der Waals surface area contributed by atoms with E-state index in [1.54, 1.807) is 19.1 Å². The smallest absolute Gasteiger partial charge is 0.242 e. The van der Waals surface area contributed by atoms with Gasteiger partial charge >= 0.3 is 0 Å². The number of rotatable bonds is 6. The van der Waals surface area contributed by atoms with E-state index in [-0.39, 0.29) is 24.1 Å². The van der Waals surface area contributed by atoms with Crippen molar-refractivity contribution < 1.29 is 9.53 Å². The molecule has 1 aromatic heterocycles. The van der Waals surface area contributed by atoms with Gasteiger partial charge in [0.05, 0.1) is 11.8 Å². The van der Waals surface area contributed by atoms with Crippen LogP contribution < -0.4 is 21.1 Å². The molecule has 1 unspecified atom stereocenters. The van der Waals surface area contributed by atoms with Gasteiger partial charge in [0.1, 0.15) is 11.9 Å². The maximum absolute atomic E-state index is 11.8. The second kappa shape index (κ2) is 6.98. The Balaban J connectivity index is 2.75. The van der Waals surface area contributed by atoms with E-state index in [1.807, 2.05) is 27.7 Å². The summed E-state index contributed by atoms with van der Waals surface area (Å²) < 4.78 is 5.52. The second-order valence-electron chi connectivity index (χ2n) is 5.29. The zero-order chi connectivity index (χ0) is 15.3. The van der Waals surface area contributed by atoms with Crippen LogP contribution >= 0.6 is 0 Å². The van der Waals surface area contributed by atoms with Crippen molar-refractivity contribution in [3.8, 4) is 5.88 Å². The van der Waals surface area contributed by atoms with E-state index >= 15 is 0 Å². The largest absolute Gasteiger partial charge is 0.473 e. The van der Waals surface area contributed by atoms with Crippen LogP contribution in [0.4, 0.5) is 11.5 Å². The first-order valence-corrected chi connectivity index (χ1v) is 6.79. The number of carbonyl (C=O) groups is 1. The fraction of sp³-hybridized carbons (Fsp3) is 0.571. The van der Waals surface area contributed by atoms with Crippen LogP contribution in [0.2, 0.25) is 0 Å². The molecule has 4 N–H and O–H groups in total. The molecule has 1 aromatic rings. The lowest BCUT2D eigenvalue weighted by atomic mass is 10.2. The van der Waals surface area contributed by atoms with E-state index in [0.717, 1.165) is 0 Å². The fourth-order valence-corrected chi connectivity index (χ4v) is 1.55. The molecule has 1 atom stereocenters. The number of ether oxygens (including phenoxy) is 1. The van der Waals surface area contributed by atoms with E-state index in [1.165, 1.54) is 0 Å². The number of pyridine rings is 1. The molecule has 0 radical (unpaired) electrons. The Bertz CT molecular complexity index is 460.